The van der Waals surface area contributed by atoms with Crippen LogP contribution in [0.2, 0.25) is 0 Å². The second kappa shape index (κ2) is 4.37. The first-order valence-electron chi connectivity index (χ1n) is 5.90. The molecular formula is C14H18N2O2. The largest absolute Gasteiger partial charge is 0.508 e. The van der Waals surface area contributed by atoms with Crippen molar-refractivity contribution >= 4 is 11.5 Å². The van der Waals surface area contributed by atoms with Gasteiger partial charge in [-0.1, -0.05) is 25.9 Å². The van der Waals surface area contributed by atoms with Crippen molar-refractivity contribution in [3.63, 3.8) is 0 Å². The summed E-state index contributed by atoms with van der Waals surface area (Å²) in [5.41, 5.74) is 1.64. The van der Waals surface area contributed by atoms with E-state index in [1.807, 2.05) is 19.1 Å². The monoisotopic (exact) mass is 246 g/mol. The Morgan fingerprint density at radius 3 is 2.50 bits per heavy atom. The van der Waals surface area contributed by atoms with Crippen molar-refractivity contribution in [2.24, 2.45) is 0 Å². The first-order chi connectivity index (χ1) is 8.36. The molecule has 4 nitrogen and oxygen atoms in total. The van der Waals surface area contributed by atoms with E-state index in [0.717, 1.165) is 17.0 Å². The minimum absolute atomic E-state index is 0.0577. The molecule has 0 fully saturated rings. The molecule has 2 rings (SSSR count). The zero-order valence-corrected chi connectivity index (χ0v) is 11.1. The number of rotatable bonds is 2. The highest BCUT2D eigenvalue weighted by Gasteiger charge is 2.19. The van der Waals surface area contributed by atoms with E-state index < -0.39 is 0 Å². The summed E-state index contributed by atoms with van der Waals surface area (Å²) < 4.78 is 5.29. The highest BCUT2D eigenvalue weighted by molar-refractivity contribution is 5.59. The molecule has 0 saturated heterocycles. The Hall–Kier alpha value is -1.97. The molecule has 0 aliphatic carbocycles. The van der Waals surface area contributed by atoms with Gasteiger partial charge in [-0.15, -0.1) is 0 Å². The van der Waals surface area contributed by atoms with Crippen molar-refractivity contribution in [2.75, 3.05) is 5.32 Å². The second-order valence-electron chi connectivity index (χ2n) is 5.45. The topological polar surface area (TPSA) is 58.3 Å². The molecule has 0 bridgehead atoms. The summed E-state index contributed by atoms with van der Waals surface area (Å²) in [4.78, 5) is 0. The number of aromatic nitrogens is 1. The van der Waals surface area contributed by atoms with Gasteiger partial charge in [0.25, 0.3) is 0 Å². The molecule has 1 aromatic carbocycles. The standard InChI is InChI=1S/C14H18N2O2/c1-9-7-10(5-6-11(9)17)15-13-8-12(18-16-13)14(2,3)4/h5-8,17H,1-4H3,(H,15,16). The number of aromatic hydroxyl groups is 1. The van der Waals surface area contributed by atoms with Crippen LogP contribution in [0.5, 0.6) is 5.75 Å². The van der Waals surface area contributed by atoms with E-state index in [4.69, 9.17) is 4.52 Å². The van der Waals surface area contributed by atoms with E-state index in [1.54, 1.807) is 12.1 Å². The molecule has 0 spiro atoms. The van der Waals surface area contributed by atoms with Gasteiger partial charge in [-0.2, -0.15) is 0 Å². The van der Waals surface area contributed by atoms with Crippen LogP contribution in [0, 0.1) is 6.92 Å². The Bertz CT molecular complexity index is 553. The SMILES string of the molecule is Cc1cc(Nc2cc(C(C)(C)C)on2)ccc1O. The average Bonchev–Trinajstić information content (AvgIpc) is 2.72. The second-order valence-corrected chi connectivity index (χ2v) is 5.45. The predicted octanol–water partition coefficient (Wildman–Crippen LogP) is 3.73. The molecule has 0 aliphatic rings. The molecule has 1 heterocycles. The van der Waals surface area contributed by atoms with Crippen LogP contribution in [0.3, 0.4) is 0 Å². The Kier molecular flexibility index (Phi) is 3.03. The summed E-state index contributed by atoms with van der Waals surface area (Å²) in [6.07, 6.45) is 0. The fourth-order valence-electron chi connectivity index (χ4n) is 1.57. The lowest BCUT2D eigenvalue weighted by atomic mass is 9.93. The summed E-state index contributed by atoms with van der Waals surface area (Å²) >= 11 is 0. The molecule has 0 saturated carbocycles. The van der Waals surface area contributed by atoms with Crippen molar-refractivity contribution in [2.45, 2.75) is 33.1 Å². The van der Waals surface area contributed by atoms with E-state index in [2.05, 4.69) is 31.2 Å². The molecule has 1 aromatic heterocycles. The molecule has 0 aliphatic heterocycles. The fraction of sp³-hybridized carbons (Fsp3) is 0.357. The molecule has 2 aromatic rings. The van der Waals surface area contributed by atoms with Crippen LogP contribution in [0.1, 0.15) is 32.1 Å². The van der Waals surface area contributed by atoms with Crippen LogP contribution in [-0.4, -0.2) is 10.3 Å². The van der Waals surface area contributed by atoms with Crippen molar-refractivity contribution in [1.29, 1.82) is 0 Å². The molecule has 0 atom stereocenters. The highest BCUT2D eigenvalue weighted by atomic mass is 16.5. The molecule has 4 heteroatoms. The summed E-state index contributed by atoms with van der Waals surface area (Å²) in [7, 11) is 0. The maximum Gasteiger partial charge on any atom is 0.174 e. The van der Waals surface area contributed by atoms with Gasteiger partial charge < -0.3 is 14.9 Å². The number of aryl methyl sites for hydroxylation is 1. The number of anilines is 2. The smallest absolute Gasteiger partial charge is 0.174 e. The van der Waals surface area contributed by atoms with E-state index in [0.29, 0.717) is 5.82 Å². The third kappa shape index (κ3) is 2.64. The number of benzene rings is 1. The summed E-state index contributed by atoms with van der Waals surface area (Å²) in [6, 6.07) is 7.21. The Morgan fingerprint density at radius 2 is 1.94 bits per heavy atom. The lowest BCUT2D eigenvalue weighted by Crippen LogP contribution is -2.09. The van der Waals surface area contributed by atoms with Gasteiger partial charge in [-0.3, -0.25) is 0 Å². The Labute approximate surface area is 107 Å². The van der Waals surface area contributed by atoms with E-state index in [-0.39, 0.29) is 11.2 Å². The van der Waals surface area contributed by atoms with Crippen molar-refractivity contribution < 1.29 is 9.63 Å². The van der Waals surface area contributed by atoms with Gasteiger partial charge in [-0.25, -0.2) is 0 Å². The van der Waals surface area contributed by atoms with Gasteiger partial charge in [0.2, 0.25) is 0 Å². The van der Waals surface area contributed by atoms with Gasteiger partial charge in [0, 0.05) is 17.2 Å². The van der Waals surface area contributed by atoms with Crippen molar-refractivity contribution in [3.8, 4) is 5.75 Å². The molecular weight excluding hydrogens is 228 g/mol. The van der Waals surface area contributed by atoms with Gasteiger partial charge in [0.05, 0.1) is 0 Å². The lowest BCUT2D eigenvalue weighted by molar-refractivity contribution is 0.331. The van der Waals surface area contributed by atoms with Gasteiger partial charge >= 0.3 is 0 Å². The zero-order chi connectivity index (χ0) is 13.3. The van der Waals surface area contributed by atoms with E-state index >= 15 is 0 Å². The van der Waals surface area contributed by atoms with Gasteiger partial charge in [0.15, 0.2) is 5.82 Å². The molecule has 2 N–H and O–H groups in total. The van der Waals surface area contributed by atoms with E-state index in [9.17, 15) is 5.11 Å². The fourth-order valence-corrected chi connectivity index (χ4v) is 1.57. The van der Waals surface area contributed by atoms with Crippen LogP contribution < -0.4 is 5.32 Å². The van der Waals surface area contributed by atoms with Crippen LogP contribution in [0.15, 0.2) is 28.8 Å². The number of hydrogen-bond donors (Lipinski definition) is 2. The number of phenolic OH excluding ortho intramolecular Hbond substituents is 1. The molecule has 0 radical (unpaired) electrons. The molecule has 0 unspecified atom stereocenters. The van der Waals surface area contributed by atoms with Gasteiger partial charge in [-0.05, 0) is 30.7 Å². The Morgan fingerprint density at radius 1 is 1.22 bits per heavy atom. The summed E-state index contributed by atoms with van der Waals surface area (Å²) in [6.45, 7) is 8.07. The average molecular weight is 246 g/mol. The predicted molar refractivity (Wildman–Crippen MR) is 71.3 cm³/mol. The summed E-state index contributed by atoms with van der Waals surface area (Å²) in [5, 5.41) is 16.6. The van der Waals surface area contributed by atoms with Crippen LogP contribution in [-0.2, 0) is 5.41 Å². The minimum atomic E-state index is -0.0577. The first-order valence-corrected chi connectivity index (χ1v) is 5.90. The first kappa shape index (κ1) is 12.5. The van der Waals surface area contributed by atoms with Crippen LogP contribution >= 0.6 is 0 Å². The number of hydrogen-bond acceptors (Lipinski definition) is 4. The molecule has 0 amide bonds. The normalized spacial score (nSPS) is 11.6. The maximum absolute atomic E-state index is 9.46. The van der Waals surface area contributed by atoms with Crippen LogP contribution in [0.25, 0.3) is 0 Å². The molecule has 18 heavy (non-hydrogen) atoms. The Balaban J connectivity index is 2.19. The summed E-state index contributed by atoms with van der Waals surface area (Å²) in [5.74, 6) is 1.79. The number of phenols is 1. The quantitative estimate of drug-likeness (QED) is 0.793. The van der Waals surface area contributed by atoms with Crippen LogP contribution in [0.4, 0.5) is 11.5 Å². The van der Waals surface area contributed by atoms with Crippen molar-refractivity contribution in [3.05, 3.63) is 35.6 Å². The van der Waals surface area contributed by atoms with Crippen molar-refractivity contribution in [1.82, 2.24) is 5.16 Å². The van der Waals surface area contributed by atoms with E-state index in [1.165, 1.54) is 0 Å². The zero-order valence-electron chi connectivity index (χ0n) is 11.1. The molecule has 96 valence electrons. The maximum atomic E-state index is 9.46. The third-order valence-corrected chi connectivity index (χ3v) is 2.72. The number of nitrogens with zero attached hydrogens (tertiary/aromatic N) is 1. The minimum Gasteiger partial charge on any atom is -0.508 e. The highest BCUT2D eigenvalue weighted by Crippen LogP contribution is 2.27. The third-order valence-electron chi connectivity index (χ3n) is 2.72. The number of nitrogens with one attached hydrogen (secondary N) is 1. The lowest BCUT2D eigenvalue weighted by Gasteiger charge is -2.12. The van der Waals surface area contributed by atoms with Gasteiger partial charge in [0.1, 0.15) is 11.5 Å².